The summed E-state index contributed by atoms with van der Waals surface area (Å²) in [6.45, 7) is 7.67. The van der Waals surface area contributed by atoms with E-state index in [1.165, 1.54) is 9.21 Å². The molecular formula is C29H33Cl2N3O4S. The standard InChI is InChI=1S/C29H33Cl2N3O4S/c1-5-23(28(36)32-29(2,3)4)33(18-20-21(30)12-8-13-22(20)31)26(35)16-9-17-34-24-14-6-10-19-11-7-15-25(27(19)24)39(34,37)38/h6-8,10-15,23H,5,9,16-18H2,1-4H3,(H,32,36). The third-order valence-corrected chi connectivity index (χ3v) is 9.27. The number of sulfonamides is 1. The topological polar surface area (TPSA) is 86.8 Å². The van der Waals surface area contributed by atoms with Crippen molar-refractivity contribution in [3.63, 3.8) is 0 Å². The lowest BCUT2D eigenvalue weighted by molar-refractivity contribution is -0.142. The summed E-state index contributed by atoms with van der Waals surface area (Å²) in [5.41, 5.74) is 0.688. The molecule has 4 rings (SSSR count). The molecule has 0 saturated heterocycles. The summed E-state index contributed by atoms with van der Waals surface area (Å²) in [5.74, 6) is -0.556. The highest BCUT2D eigenvalue weighted by Crippen LogP contribution is 2.42. The normalized spacial score (nSPS) is 14.9. The van der Waals surface area contributed by atoms with Gasteiger partial charge in [0, 0.05) is 46.0 Å². The Morgan fingerprint density at radius 2 is 1.62 bits per heavy atom. The number of benzene rings is 3. The number of hydrogen-bond donors (Lipinski definition) is 1. The Balaban J connectivity index is 1.56. The van der Waals surface area contributed by atoms with Gasteiger partial charge in [0.25, 0.3) is 10.0 Å². The Morgan fingerprint density at radius 3 is 2.23 bits per heavy atom. The molecule has 1 N–H and O–H groups in total. The number of nitrogens with one attached hydrogen (secondary N) is 1. The maximum atomic E-state index is 13.7. The number of carbonyl (C=O) groups excluding carboxylic acids is 2. The first-order valence-corrected chi connectivity index (χ1v) is 15.1. The quantitative estimate of drug-likeness (QED) is 0.324. The molecule has 1 heterocycles. The van der Waals surface area contributed by atoms with Gasteiger partial charge in [0.2, 0.25) is 11.8 Å². The molecule has 2 amide bonds. The molecule has 208 valence electrons. The molecule has 3 aromatic carbocycles. The molecule has 1 atom stereocenters. The van der Waals surface area contributed by atoms with Crippen molar-refractivity contribution in [2.75, 3.05) is 10.8 Å². The van der Waals surface area contributed by atoms with Gasteiger partial charge in [-0.15, -0.1) is 0 Å². The Kier molecular flexibility index (Phi) is 8.50. The van der Waals surface area contributed by atoms with Gasteiger partial charge in [0.15, 0.2) is 0 Å². The summed E-state index contributed by atoms with van der Waals surface area (Å²) in [6, 6.07) is 15.1. The van der Waals surface area contributed by atoms with E-state index in [1.54, 1.807) is 36.4 Å². The van der Waals surface area contributed by atoms with E-state index in [0.29, 0.717) is 33.1 Å². The molecule has 0 fully saturated rings. The van der Waals surface area contributed by atoms with Gasteiger partial charge in [-0.25, -0.2) is 8.42 Å². The Bertz CT molecular complexity index is 1490. The van der Waals surface area contributed by atoms with Crippen LogP contribution in [0.5, 0.6) is 0 Å². The molecule has 0 radical (unpaired) electrons. The minimum absolute atomic E-state index is 0.0414. The fraction of sp³-hybridized carbons (Fsp3) is 0.379. The third kappa shape index (κ3) is 6.03. The number of halogens is 2. The van der Waals surface area contributed by atoms with Crippen molar-refractivity contribution in [2.24, 2.45) is 0 Å². The van der Waals surface area contributed by atoms with E-state index in [9.17, 15) is 18.0 Å². The average molecular weight is 591 g/mol. The lowest BCUT2D eigenvalue weighted by Gasteiger charge is -2.33. The van der Waals surface area contributed by atoms with E-state index < -0.39 is 21.6 Å². The Hall–Kier alpha value is -2.81. The fourth-order valence-corrected chi connectivity index (χ4v) is 7.21. The van der Waals surface area contributed by atoms with Crippen LogP contribution in [0.2, 0.25) is 10.0 Å². The van der Waals surface area contributed by atoms with Crippen molar-refractivity contribution in [1.82, 2.24) is 10.2 Å². The number of anilines is 1. The van der Waals surface area contributed by atoms with Crippen LogP contribution in [0.25, 0.3) is 10.8 Å². The summed E-state index contributed by atoms with van der Waals surface area (Å²) in [5, 5.41) is 5.33. The van der Waals surface area contributed by atoms with Gasteiger partial charge in [-0.2, -0.15) is 0 Å². The van der Waals surface area contributed by atoms with Gasteiger partial charge >= 0.3 is 0 Å². The molecule has 1 aliphatic rings. The van der Waals surface area contributed by atoms with E-state index >= 15 is 0 Å². The van der Waals surface area contributed by atoms with E-state index in [-0.39, 0.29) is 42.6 Å². The maximum Gasteiger partial charge on any atom is 0.265 e. The van der Waals surface area contributed by atoms with Crippen LogP contribution < -0.4 is 9.62 Å². The summed E-state index contributed by atoms with van der Waals surface area (Å²) in [7, 11) is -3.72. The first-order chi connectivity index (χ1) is 18.3. The van der Waals surface area contributed by atoms with Crippen LogP contribution in [0.4, 0.5) is 5.69 Å². The molecule has 0 saturated carbocycles. The molecule has 0 aliphatic carbocycles. The first-order valence-electron chi connectivity index (χ1n) is 12.9. The third-order valence-electron chi connectivity index (χ3n) is 6.71. The second-order valence-electron chi connectivity index (χ2n) is 10.7. The van der Waals surface area contributed by atoms with E-state index in [4.69, 9.17) is 23.2 Å². The summed E-state index contributed by atoms with van der Waals surface area (Å²) < 4.78 is 28.0. The Morgan fingerprint density at radius 1 is 1.00 bits per heavy atom. The van der Waals surface area contributed by atoms with Crippen LogP contribution in [-0.2, 0) is 26.2 Å². The highest BCUT2D eigenvalue weighted by Gasteiger charge is 2.36. The van der Waals surface area contributed by atoms with Gasteiger partial charge in [0.05, 0.1) is 10.6 Å². The molecule has 7 nitrogen and oxygen atoms in total. The average Bonchev–Trinajstić information content (AvgIpc) is 3.07. The zero-order valence-electron chi connectivity index (χ0n) is 22.5. The van der Waals surface area contributed by atoms with Gasteiger partial charge in [-0.05, 0) is 63.3 Å². The number of rotatable bonds is 9. The van der Waals surface area contributed by atoms with Crippen molar-refractivity contribution in [1.29, 1.82) is 0 Å². The van der Waals surface area contributed by atoms with Gasteiger partial charge in [-0.1, -0.05) is 60.5 Å². The zero-order valence-corrected chi connectivity index (χ0v) is 24.8. The monoisotopic (exact) mass is 589 g/mol. The second kappa shape index (κ2) is 11.4. The SMILES string of the molecule is CCC(C(=O)NC(C)(C)C)N(Cc1c(Cl)cccc1Cl)C(=O)CCCN1c2cccc3cccc(c23)S1(=O)=O. The zero-order chi connectivity index (χ0) is 28.5. The molecule has 1 unspecified atom stereocenters. The fourth-order valence-electron chi connectivity index (χ4n) is 4.94. The number of amides is 2. The molecule has 1 aliphatic heterocycles. The minimum atomic E-state index is -3.72. The molecule has 0 bridgehead atoms. The molecular weight excluding hydrogens is 557 g/mol. The minimum Gasteiger partial charge on any atom is -0.350 e. The summed E-state index contributed by atoms with van der Waals surface area (Å²) >= 11 is 12.8. The van der Waals surface area contributed by atoms with Crippen molar-refractivity contribution in [3.05, 3.63) is 70.2 Å². The van der Waals surface area contributed by atoms with Gasteiger partial charge in [0.1, 0.15) is 6.04 Å². The highest BCUT2D eigenvalue weighted by molar-refractivity contribution is 7.93. The number of carbonyl (C=O) groups is 2. The first kappa shape index (κ1) is 29.2. The lowest BCUT2D eigenvalue weighted by atomic mass is 10.0. The lowest BCUT2D eigenvalue weighted by Crippen LogP contribution is -2.53. The van der Waals surface area contributed by atoms with E-state index in [1.807, 2.05) is 45.9 Å². The smallest absolute Gasteiger partial charge is 0.265 e. The van der Waals surface area contributed by atoms with Crippen LogP contribution in [0.15, 0.2) is 59.5 Å². The van der Waals surface area contributed by atoms with Gasteiger partial charge < -0.3 is 10.2 Å². The van der Waals surface area contributed by atoms with Crippen LogP contribution in [0.1, 0.15) is 52.5 Å². The van der Waals surface area contributed by atoms with Crippen LogP contribution in [0, 0.1) is 0 Å². The number of nitrogens with zero attached hydrogens (tertiary/aromatic N) is 2. The van der Waals surface area contributed by atoms with Crippen LogP contribution >= 0.6 is 23.2 Å². The van der Waals surface area contributed by atoms with Gasteiger partial charge in [-0.3, -0.25) is 13.9 Å². The van der Waals surface area contributed by atoms with Crippen molar-refractivity contribution in [3.8, 4) is 0 Å². The molecule has 0 aromatic heterocycles. The largest absolute Gasteiger partial charge is 0.350 e. The van der Waals surface area contributed by atoms with Crippen LogP contribution in [-0.4, -0.2) is 43.3 Å². The van der Waals surface area contributed by atoms with E-state index in [2.05, 4.69) is 5.32 Å². The Labute approximate surface area is 240 Å². The number of hydrogen-bond acceptors (Lipinski definition) is 4. The van der Waals surface area contributed by atoms with Crippen molar-refractivity contribution < 1.29 is 18.0 Å². The summed E-state index contributed by atoms with van der Waals surface area (Å²) in [4.78, 5) is 28.7. The van der Waals surface area contributed by atoms with Crippen molar-refractivity contribution >= 4 is 61.5 Å². The molecule has 3 aromatic rings. The van der Waals surface area contributed by atoms with Crippen molar-refractivity contribution in [2.45, 2.75) is 70.0 Å². The molecule has 0 spiro atoms. The maximum absolute atomic E-state index is 13.7. The van der Waals surface area contributed by atoms with E-state index in [0.717, 1.165) is 5.39 Å². The predicted octanol–water partition coefficient (Wildman–Crippen LogP) is 6.16. The highest BCUT2D eigenvalue weighted by atomic mass is 35.5. The molecule has 39 heavy (non-hydrogen) atoms. The molecule has 10 heteroatoms. The van der Waals surface area contributed by atoms with Crippen LogP contribution in [0.3, 0.4) is 0 Å². The summed E-state index contributed by atoms with van der Waals surface area (Å²) in [6.07, 6.45) is 0.694. The predicted molar refractivity (Wildman–Crippen MR) is 157 cm³/mol. The second-order valence-corrected chi connectivity index (χ2v) is 13.3.